The Morgan fingerprint density at radius 3 is 2.19 bits per heavy atom. The van der Waals surface area contributed by atoms with Crippen molar-refractivity contribution in [1.82, 2.24) is 4.98 Å². The molecule has 0 fully saturated rings. The summed E-state index contributed by atoms with van der Waals surface area (Å²) in [4.78, 5) is 4.49. The van der Waals surface area contributed by atoms with Crippen LogP contribution in [0.25, 0.3) is 23.3 Å². The Morgan fingerprint density at radius 1 is 0.810 bits per heavy atom. The first kappa shape index (κ1) is 13.3. The number of nitrogens with zero attached hydrogens (tertiary/aromatic N) is 1. The van der Waals surface area contributed by atoms with Crippen molar-refractivity contribution in [1.29, 1.82) is 0 Å². The second-order valence-corrected chi connectivity index (χ2v) is 5.03. The van der Waals surface area contributed by atoms with Gasteiger partial charge in [0.15, 0.2) is 0 Å². The van der Waals surface area contributed by atoms with Crippen LogP contribution < -0.4 is 0 Å². The Balaban J connectivity index is 1.93. The smallest absolute Gasteiger partial charge is 0.0636 e. The highest BCUT2D eigenvalue weighted by Crippen LogP contribution is 2.23. The Kier molecular flexibility index (Phi) is 3.92. The summed E-state index contributed by atoms with van der Waals surface area (Å²) in [5.74, 6) is 0. The summed E-state index contributed by atoms with van der Waals surface area (Å²) in [5.41, 5.74) is 5.81. The van der Waals surface area contributed by atoms with Crippen LogP contribution in [0.2, 0.25) is 0 Å². The number of benzene rings is 2. The Hall–Kier alpha value is -2.67. The van der Waals surface area contributed by atoms with Crippen molar-refractivity contribution in [2.24, 2.45) is 0 Å². The van der Waals surface area contributed by atoms with Crippen LogP contribution in [-0.4, -0.2) is 4.98 Å². The van der Waals surface area contributed by atoms with Gasteiger partial charge in [-0.2, -0.15) is 0 Å². The van der Waals surface area contributed by atoms with Gasteiger partial charge in [0.1, 0.15) is 0 Å². The molecule has 1 heterocycles. The normalized spacial score (nSPS) is 10.9. The molecule has 0 saturated carbocycles. The highest BCUT2D eigenvalue weighted by Gasteiger charge is 2.02. The minimum atomic E-state index is 0.975. The monoisotopic (exact) mass is 271 g/mol. The third-order valence-corrected chi connectivity index (χ3v) is 3.46. The second kappa shape index (κ2) is 6.19. The zero-order valence-electron chi connectivity index (χ0n) is 12.0. The number of pyridine rings is 1. The molecule has 0 amide bonds. The van der Waals surface area contributed by atoms with E-state index >= 15 is 0 Å². The molecule has 1 aromatic heterocycles. The van der Waals surface area contributed by atoms with Crippen molar-refractivity contribution in [3.8, 4) is 11.1 Å². The number of hydrogen-bond donors (Lipinski definition) is 0. The Morgan fingerprint density at radius 2 is 1.48 bits per heavy atom. The molecule has 0 atom stereocenters. The first-order chi connectivity index (χ1) is 10.3. The lowest BCUT2D eigenvalue weighted by Crippen LogP contribution is -1.88. The first-order valence-corrected chi connectivity index (χ1v) is 7.08. The van der Waals surface area contributed by atoms with Gasteiger partial charge in [0.25, 0.3) is 0 Å². The number of hydrogen-bond acceptors (Lipinski definition) is 1. The molecule has 0 radical (unpaired) electrons. The van der Waals surface area contributed by atoms with Gasteiger partial charge in [-0.1, -0.05) is 66.7 Å². The molecule has 0 N–H and O–H groups in total. The summed E-state index contributed by atoms with van der Waals surface area (Å²) in [6.45, 7) is 2.10. The SMILES string of the molecule is Cc1cnc(/C=C/c2ccccc2)cc1-c1ccccc1. The molecule has 0 aliphatic heterocycles. The van der Waals surface area contributed by atoms with Gasteiger partial charge in [0.2, 0.25) is 0 Å². The van der Waals surface area contributed by atoms with Gasteiger partial charge in [0.05, 0.1) is 5.69 Å². The van der Waals surface area contributed by atoms with E-state index in [0.717, 1.165) is 5.69 Å². The van der Waals surface area contributed by atoms with Gasteiger partial charge in [0, 0.05) is 6.20 Å². The minimum Gasteiger partial charge on any atom is -0.257 e. The van der Waals surface area contributed by atoms with Gasteiger partial charge >= 0.3 is 0 Å². The van der Waals surface area contributed by atoms with Crippen LogP contribution in [0.5, 0.6) is 0 Å². The maximum atomic E-state index is 4.49. The summed E-state index contributed by atoms with van der Waals surface area (Å²) in [5, 5.41) is 0. The quantitative estimate of drug-likeness (QED) is 0.636. The van der Waals surface area contributed by atoms with Crippen LogP contribution in [0.1, 0.15) is 16.8 Å². The van der Waals surface area contributed by atoms with E-state index in [-0.39, 0.29) is 0 Å². The van der Waals surface area contributed by atoms with E-state index in [2.05, 4.69) is 66.5 Å². The van der Waals surface area contributed by atoms with E-state index in [1.807, 2.05) is 30.5 Å². The van der Waals surface area contributed by atoms with Gasteiger partial charge in [-0.15, -0.1) is 0 Å². The molecule has 102 valence electrons. The van der Waals surface area contributed by atoms with E-state index in [4.69, 9.17) is 0 Å². The molecule has 0 unspecified atom stereocenters. The first-order valence-electron chi connectivity index (χ1n) is 7.08. The predicted octanol–water partition coefficient (Wildman–Crippen LogP) is 5.23. The van der Waals surface area contributed by atoms with Crippen LogP contribution in [-0.2, 0) is 0 Å². The fourth-order valence-electron chi connectivity index (χ4n) is 2.31. The summed E-state index contributed by atoms with van der Waals surface area (Å²) < 4.78 is 0. The fraction of sp³-hybridized carbons (Fsp3) is 0.0500. The lowest BCUT2D eigenvalue weighted by atomic mass is 10.0. The molecule has 0 aliphatic rings. The molecule has 0 aliphatic carbocycles. The van der Waals surface area contributed by atoms with Crippen molar-refractivity contribution in [2.45, 2.75) is 6.92 Å². The Bertz CT molecular complexity index is 743. The molecule has 1 heteroatoms. The minimum absolute atomic E-state index is 0.975. The van der Waals surface area contributed by atoms with Crippen LogP contribution in [0.15, 0.2) is 72.9 Å². The zero-order valence-corrected chi connectivity index (χ0v) is 12.0. The molecule has 1 nitrogen and oxygen atoms in total. The zero-order chi connectivity index (χ0) is 14.5. The van der Waals surface area contributed by atoms with E-state index in [0.29, 0.717) is 0 Å². The average molecular weight is 271 g/mol. The van der Waals surface area contributed by atoms with Crippen molar-refractivity contribution in [2.75, 3.05) is 0 Å². The third kappa shape index (κ3) is 3.26. The number of aryl methyl sites for hydroxylation is 1. The van der Waals surface area contributed by atoms with Gasteiger partial charge in [-0.3, -0.25) is 4.98 Å². The topological polar surface area (TPSA) is 12.9 Å². The van der Waals surface area contributed by atoms with Crippen molar-refractivity contribution in [3.05, 3.63) is 89.7 Å². The fourth-order valence-corrected chi connectivity index (χ4v) is 2.31. The maximum Gasteiger partial charge on any atom is 0.0636 e. The lowest BCUT2D eigenvalue weighted by molar-refractivity contribution is 1.25. The van der Waals surface area contributed by atoms with Crippen LogP contribution in [0, 0.1) is 6.92 Å². The lowest BCUT2D eigenvalue weighted by Gasteiger charge is -2.06. The van der Waals surface area contributed by atoms with E-state index in [9.17, 15) is 0 Å². The van der Waals surface area contributed by atoms with Crippen LogP contribution in [0.4, 0.5) is 0 Å². The molecule has 0 saturated heterocycles. The molecular weight excluding hydrogens is 254 g/mol. The number of aromatic nitrogens is 1. The summed E-state index contributed by atoms with van der Waals surface area (Å²) >= 11 is 0. The molecule has 2 aromatic carbocycles. The third-order valence-electron chi connectivity index (χ3n) is 3.46. The molecular formula is C20H17N. The summed E-state index contributed by atoms with van der Waals surface area (Å²) in [7, 11) is 0. The van der Waals surface area contributed by atoms with Gasteiger partial charge in [-0.25, -0.2) is 0 Å². The highest BCUT2D eigenvalue weighted by atomic mass is 14.7. The van der Waals surface area contributed by atoms with Crippen molar-refractivity contribution < 1.29 is 0 Å². The summed E-state index contributed by atoms with van der Waals surface area (Å²) in [6.07, 6.45) is 6.08. The van der Waals surface area contributed by atoms with Crippen LogP contribution in [0.3, 0.4) is 0 Å². The number of rotatable bonds is 3. The van der Waals surface area contributed by atoms with Gasteiger partial charge < -0.3 is 0 Å². The molecule has 0 spiro atoms. The van der Waals surface area contributed by atoms with E-state index in [1.165, 1.54) is 22.3 Å². The summed E-state index contributed by atoms with van der Waals surface area (Å²) in [6, 6.07) is 22.8. The molecule has 3 aromatic rings. The standard InChI is InChI=1S/C20H17N/c1-16-15-21-19(13-12-17-8-4-2-5-9-17)14-20(16)18-10-6-3-7-11-18/h2-15H,1H3/b13-12+. The predicted molar refractivity (Wildman–Crippen MR) is 89.8 cm³/mol. The van der Waals surface area contributed by atoms with Crippen molar-refractivity contribution >= 4 is 12.2 Å². The second-order valence-electron chi connectivity index (χ2n) is 5.03. The average Bonchev–Trinajstić information content (AvgIpc) is 2.56. The molecule has 3 rings (SSSR count). The largest absolute Gasteiger partial charge is 0.257 e. The van der Waals surface area contributed by atoms with Crippen LogP contribution >= 0.6 is 0 Å². The van der Waals surface area contributed by atoms with E-state index in [1.54, 1.807) is 0 Å². The van der Waals surface area contributed by atoms with Crippen molar-refractivity contribution in [3.63, 3.8) is 0 Å². The van der Waals surface area contributed by atoms with E-state index < -0.39 is 0 Å². The maximum absolute atomic E-state index is 4.49. The molecule has 21 heavy (non-hydrogen) atoms. The Labute approximate surface area is 125 Å². The highest BCUT2D eigenvalue weighted by molar-refractivity contribution is 5.73. The molecule has 0 bridgehead atoms. The van der Waals surface area contributed by atoms with Gasteiger partial charge in [-0.05, 0) is 41.3 Å².